The summed E-state index contributed by atoms with van der Waals surface area (Å²) >= 11 is 1.54. The second-order valence-corrected chi connectivity index (χ2v) is 8.78. The number of aliphatic imine (C=N–C) groups is 1. The molecule has 1 aromatic rings. The van der Waals surface area contributed by atoms with E-state index >= 15 is 0 Å². The molecule has 152 valence electrons. The standard InChI is InChI=1S/C16H30N4O3S2.HI/c1-5-17-15(18-9-7-10-20(6-2)25(4,22)23)19-13-16(3,21)14-8-11-24-12-14;/h8,11-12,21H,5-7,9-10,13H2,1-4H3,(H2,17,18,19);1H. The molecule has 1 aromatic heterocycles. The van der Waals surface area contributed by atoms with Crippen LogP contribution in [0.2, 0.25) is 0 Å². The van der Waals surface area contributed by atoms with Gasteiger partial charge in [-0.1, -0.05) is 6.92 Å². The van der Waals surface area contributed by atoms with Gasteiger partial charge >= 0.3 is 0 Å². The van der Waals surface area contributed by atoms with Crippen LogP contribution in [0.1, 0.15) is 32.8 Å². The van der Waals surface area contributed by atoms with Gasteiger partial charge in [0.2, 0.25) is 10.0 Å². The van der Waals surface area contributed by atoms with E-state index in [2.05, 4.69) is 15.6 Å². The third kappa shape index (κ3) is 8.98. The van der Waals surface area contributed by atoms with Crippen molar-refractivity contribution in [2.75, 3.05) is 39.0 Å². The fourth-order valence-corrected chi connectivity index (χ4v) is 3.97. The summed E-state index contributed by atoms with van der Waals surface area (Å²) in [5, 5.41) is 20.7. The molecule has 1 unspecified atom stereocenters. The van der Waals surface area contributed by atoms with Gasteiger partial charge in [-0.25, -0.2) is 17.7 Å². The first-order valence-corrected chi connectivity index (χ1v) is 11.2. The predicted molar refractivity (Wildman–Crippen MR) is 120 cm³/mol. The highest BCUT2D eigenvalue weighted by atomic mass is 127. The van der Waals surface area contributed by atoms with E-state index in [1.165, 1.54) is 10.6 Å². The lowest BCUT2D eigenvalue weighted by atomic mass is 10.00. The normalized spacial score (nSPS) is 14.6. The van der Waals surface area contributed by atoms with Crippen LogP contribution in [-0.4, -0.2) is 62.8 Å². The smallest absolute Gasteiger partial charge is 0.211 e. The average molecular weight is 518 g/mol. The van der Waals surface area contributed by atoms with Gasteiger partial charge in [0.1, 0.15) is 5.60 Å². The number of hydrogen-bond donors (Lipinski definition) is 3. The number of halogens is 1. The van der Waals surface area contributed by atoms with E-state index < -0.39 is 15.6 Å². The molecule has 0 aliphatic carbocycles. The van der Waals surface area contributed by atoms with Crippen molar-refractivity contribution in [2.24, 2.45) is 4.99 Å². The first-order valence-electron chi connectivity index (χ1n) is 8.43. The maximum Gasteiger partial charge on any atom is 0.211 e. The minimum Gasteiger partial charge on any atom is -0.383 e. The second-order valence-electron chi connectivity index (χ2n) is 6.02. The van der Waals surface area contributed by atoms with Crippen LogP contribution >= 0.6 is 35.3 Å². The van der Waals surface area contributed by atoms with Crippen molar-refractivity contribution in [3.8, 4) is 0 Å². The molecule has 0 saturated carbocycles. The van der Waals surface area contributed by atoms with E-state index in [1.807, 2.05) is 30.7 Å². The van der Waals surface area contributed by atoms with Crippen molar-refractivity contribution in [3.05, 3.63) is 22.4 Å². The van der Waals surface area contributed by atoms with Gasteiger partial charge < -0.3 is 15.7 Å². The minimum absolute atomic E-state index is 0. The Morgan fingerprint density at radius 1 is 1.38 bits per heavy atom. The summed E-state index contributed by atoms with van der Waals surface area (Å²) in [6, 6.07) is 1.89. The van der Waals surface area contributed by atoms with Crippen molar-refractivity contribution in [3.63, 3.8) is 0 Å². The number of aliphatic hydroxyl groups is 1. The van der Waals surface area contributed by atoms with Crippen molar-refractivity contribution in [2.45, 2.75) is 32.8 Å². The Morgan fingerprint density at radius 3 is 2.58 bits per heavy atom. The number of sulfonamides is 1. The Morgan fingerprint density at radius 2 is 2.08 bits per heavy atom. The number of nitrogens with zero attached hydrogens (tertiary/aromatic N) is 2. The first kappa shape index (κ1) is 25.6. The van der Waals surface area contributed by atoms with Crippen molar-refractivity contribution in [1.29, 1.82) is 0 Å². The first-order chi connectivity index (χ1) is 11.7. The number of nitrogens with one attached hydrogen (secondary N) is 2. The maximum atomic E-state index is 11.6. The van der Waals surface area contributed by atoms with Gasteiger partial charge in [0.25, 0.3) is 0 Å². The van der Waals surface area contributed by atoms with Crippen LogP contribution in [0.3, 0.4) is 0 Å². The third-order valence-corrected chi connectivity index (χ3v) is 5.79. The summed E-state index contributed by atoms with van der Waals surface area (Å²) in [6.07, 6.45) is 1.90. The zero-order valence-corrected chi connectivity index (χ0v) is 19.8. The predicted octanol–water partition coefficient (Wildman–Crippen LogP) is 1.80. The largest absolute Gasteiger partial charge is 0.383 e. The molecular formula is C16H31IN4O3S2. The van der Waals surface area contributed by atoms with Crippen LogP contribution < -0.4 is 10.6 Å². The molecule has 1 rings (SSSR count). The molecule has 0 aromatic carbocycles. The highest BCUT2D eigenvalue weighted by molar-refractivity contribution is 14.0. The number of guanidine groups is 1. The summed E-state index contributed by atoms with van der Waals surface area (Å²) in [5.41, 5.74) is -0.165. The fourth-order valence-electron chi connectivity index (χ4n) is 2.26. The molecule has 0 radical (unpaired) electrons. The van der Waals surface area contributed by atoms with Crippen molar-refractivity contribution in [1.82, 2.24) is 14.9 Å². The highest BCUT2D eigenvalue weighted by Gasteiger charge is 2.23. The Balaban J connectivity index is 0.00000625. The molecule has 0 aliphatic heterocycles. The SMILES string of the molecule is CCNC(=NCC(C)(O)c1ccsc1)NCCCN(CC)S(C)(=O)=O.I. The number of rotatable bonds is 10. The Hall–Kier alpha value is -0.430. The van der Waals surface area contributed by atoms with Gasteiger partial charge in [-0.15, -0.1) is 24.0 Å². The molecule has 1 atom stereocenters. The van der Waals surface area contributed by atoms with Crippen LogP contribution in [0, 0.1) is 0 Å². The molecule has 7 nitrogen and oxygen atoms in total. The molecule has 0 bridgehead atoms. The summed E-state index contributed by atoms with van der Waals surface area (Å²) in [7, 11) is -3.15. The quantitative estimate of drug-likeness (QED) is 0.190. The average Bonchev–Trinajstić information content (AvgIpc) is 3.06. The monoisotopic (exact) mass is 518 g/mol. The van der Waals surface area contributed by atoms with E-state index in [1.54, 1.807) is 18.3 Å². The molecule has 0 fully saturated rings. The summed E-state index contributed by atoms with van der Waals surface area (Å²) < 4.78 is 24.6. The van der Waals surface area contributed by atoms with E-state index in [9.17, 15) is 13.5 Å². The van der Waals surface area contributed by atoms with Gasteiger partial charge in [-0.2, -0.15) is 11.3 Å². The highest BCUT2D eigenvalue weighted by Crippen LogP contribution is 2.23. The number of thiophene rings is 1. The molecule has 1 heterocycles. The van der Waals surface area contributed by atoms with Gasteiger partial charge in [0, 0.05) is 26.2 Å². The molecule has 0 saturated heterocycles. The van der Waals surface area contributed by atoms with Crippen LogP contribution in [0.25, 0.3) is 0 Å². The Labute approximate surface area is 178 Å². The van der Waals surface area contributed by atoms with E-state index in [0.29, 0.717) is 38.6 Å². The van der Waals surface area contributed by atoms with Gasteiger partial charge in [0.05, 0.1) is 12.8 Å². The molecular weight excluding hydrogens is 487 g/mol. The van der Waals surface area contributed by atoms with Gasteiger partial charge in [0.15, 0.2) is 5.96 Å². The lowest BCUT2D eigenvalue weighted by molar-refractivity contribution is 0.0677. The van der Waals surface area contributed by atoms with Gasteiger partial charge in [-0.05, 0) is 42.7 Å². The minimum atomic E-state index is -3.15. The summed E-state index contributed by atoms with van der Waals surface area (Å²) in [4.78, 5) is 4.44. The number of hydrogen-bond acceptors (Lipinski definition) is 5. The summed E-state index contributed by atoms with van der Waals surface area (Å²) in [5.74, 6) is 0.611. The zero-order valence-electron chi connectivity index (χ0n) is 15.9. The van der Waals surface area contributed by atoms with E-state index in [4.69, 9.17) is 0 Å². The Bertz CT molecular complexity index is 634. The van der Waals surface area contributed by atoms with Crippen LogP contribution in [-0.2, 0) is 15.6 Å². The lowest BCUT2D eigenvalue weighted by Gasteiger charge is -2.21. The third-order valence-electron chi connectivity index (χ3n) is 3.73. The lowest BCUT2D eigenvalue weighted by Crippen LogP contribution is -2.40. The van der Waals surface area contributed by atoms with E-state index in [0.717, 1.165) is 5.56 Å². The van der Waals surface area contributed by atoms with Crippen molar-refractivity contribution < 1.29 is 13.5 Å². The molecule has 0 aliphatic rings. The Kier molecular flexibility index (Phi) is 11.9. The fraction of sp³-hybridized carbons (Fsp3) is 0.688. The molecule has 3 N–H and O–H groups in total. The van der Waals surface area contributed by atoms with Crippen LogP contribution in [0.15, 0.2) is 21.8 Å². The molecule has 0 amide bonds. The maximum absolute atomic E-state index is 11.6. The van der Waals surface area contributed by atoms with Crippen LogP contribution in [0.5, 0.6) is 0 Å². The molecule has 26 heavy (non-hydrogen) atoms. The molecule has 0 spiro atoms. The second kappa shape index (κ2) is 12.1. The van der Waals surface area contributed by atoms with E-state index in [-0.39, 0.29) is 30.5 Å². The topological polar surface area (TPSA) is 94.0 Å². The van der Waals surface area contributed by atoms with Crippen molar-refractivity contribution >= 4 is 51.3 Å². The summed E-state index contributed by atoms with van der Waals surface area (Å²) in [6.45, 7) is 8.01. The van der Waals surface area contributed by atoms with Crippen LogP contribution in [0.4, 0.5) is 0 Å². The van der Waals surface area contributed by atoms with Gasteiger partial charge in [-0.3, -0.25) is 0 Å². The molecule has 10 heteroatoms. The zero-order chi connectivity index (χ0) is 18.9.